The molecule has 0 unspecified atom stereocenters. The summed E-state index contributed by atoms with van der Waals surface area (Å²) >= 11 is 5.71. The van der Waals surface area contributed by atoms with Gasteiger partial charge in [0, 0.05) is 18.3 Å². The first-order chi connectivity index (χ1) is 9.00. The third-order valence-corrected chi connectivity index (χ3v) is 3.48. The summed E-state index contributed by atoms with van der Waals surface area (Å²) in [6.07, 6.45) is 2.29. The van der Waals surface area contributed by atoms with Crippen molar-refractivity contribution in [2.24, 2.45) is 0 Å². The van der Waals surface area contributed by atoms with Gasteiger partial charge in [-0.2, -0.15) is 0 Å². The second-order valence-electron chi connectivity index (χ2n) is 4.97. The van der Waals surface area contributed by atoms with Gasteiger partial charge >= 0.3 is 5.97 Å². The van der Waals surface area contributed by atoms with Crippen LogP contribution in [0.3, 0.4) is 0 Å². The van der Waals surface area contributed by atoms with Gasteiger partial charge in [0.25, 0.3) is 0 Å². The van der Waals surface area contributed by atoms with Crippen LogP contribution >= 0.6 is 11.6 Å². The molecule has 0 aliphatic heterocycles. The number of carbonyl (C=O) groups is 1. The van der Waals surface area contributed by atoms with E-state index in [1.807, 2.05) is 0 Å². The molecule has 1 heterocycles. The SMILES string of the molecule is CC(C)(CNc1cc(C(=O)O)c(Cl)cn1)NS(C)(=O)=O. The molecule has 112 valence electrons. The Morgan fingerprint density at radius 2 is 2.10 bits per heavy atom. The lowest BCUT2D eigenvalue weighted by atomic mass is 10.1. The van der Waals surface area contributed by atoms with Gasteiger partial charge in [0.05, 0.1) is 16.8 Å². The third-order valence-electron chi connectivity index (χ3n) is 2.26. The largest absolute Gasteiger partial charge is 0.478 e. The van der Waals surface area contributed by atoms with Crippen molar-refractivity contribution < 1.29 is 18.3 Å². The minimum atomic E-state index is -3.34. The first-order valence-corrected chi connectivity index (χ1v) is 7.89. The van der Waals surface area contributed by atoms with Gasteiger partial charge in [-0.25, -0.2) is 22.9 Å². The molecule has 3 N–H and O–H groups in total. The van der Waals surface area contributed by atoms with Crippen LogP contribution in [0.1, 0.15) is 24.2 Å². The van der Waals surface area contributed by atoms with E-state index in [1.54, 1.807) is 13.8 Å². The number of aromatic nitrogens is 1. The molecule has 0 amide bonds. The number of carboxylic acids is 1. The summed E-state index contributed by atoms with van der Waals surface area (Å²) < 4.78 is 24.8. The summed E-state index contributed by atoms with van der Waals surface area (Å²) in [5.41, 5.74) is -0.823. The van der Waals surface area contributed by atoms with Crippen molar-refractivity contribution in [2.45, 2.75) is 19.4 Å². The van der Waals surface area contributed by atoms with E-state index >= 15 is 0 Å². The van der Waals surface area contributed by atoms with Crippen molar-refractivity contribution in [1.82, 2.24) is 9.71 Å². The molecule has 0 radical (unpaired) electrons. The number of carboxylic acid groups (broad SMARTS) is 1. The Kier molecular flexibility index (Phi) is 4.95. The summed E-state index contributed by atoms with van der Waals surface area (Å²) in [7, 11) is -3.34. The zero-order valence-corrected chi connectivity index (χ0v) is 12.8. The quantitative estimate of drug-likeness (QED) is 0.726. The van der Waals surface area contributed by atoms with Gasteiger partial charge in [-0.1, -0.05) is 11.6 Å². The van der Waals surface area contributed by atoms with Crippen molar-refractivity contribution in [3.05, 3.63) is 22.8 Å². The van der Waals surface area contributed by atoms with Gasteiger partial charge in [-0.3, -0.25) is 0 Å². The number of halogens is 1. The predicted octanol–water partition coefficient (Wildman–Crippen LogP) is 1.17. The highest BCUT2D eigenvalue weighted by Gasteiger charge is 2.22. The Balaban J connectivity index is 2.80. The molecule has 1 rings (SSSR count). The molecule has 1 aromatic rings. The lowest BCUT2D eigenvalue weighted by Crippen LogP contribution is -2.47. The van der Waals surface area contributed by atoms with Crippen molar-refractivity contribution >= 4 is 33.4 Å². The summed E-state index contributed by atoms with van der Waals surface area (Å²) in [6, 6.07) is 1.29. The number of pyridine rings is 1. The number of rotatable bonds is 6. The van der Waals surface area contributed by atoms with Gasteiger partial charge in [-0.05, 0) is 19.9 Å². The standard InChI is InChI=1S/C11H16ClN3O4S/c1-11(2,15-20(3,18)19)6-14-9-4-7(10(16)17)8(12)5-13-9/h4-5,15H,6H2,1-3H3,(H,13,14)(H,16,17). The number of aromatic carboxylic acids is 1. The monoisotopic (exact) mass is 321 g/mol. The minimum absolute atomic E-state index is 0.0385. The molecule has 0 saturated heterocycles. The van der Waals surface area contributed by atoms with E-state index in [2.05, 4.69) is 15.0 Å². The number of hydrogen-bond donors (Lipinski definition) is 3. The maximum absolute atomic E-state index is 11.2. The molecule has 0 bridgehead atoms. The molecule has 0 fully saturated rings. The second-order valence-corrected chi connectivity index (χ2v) is 7.12. The maximum Gasteiger partial charge on any atom is 0.337 e. The fraction of sp³-hybridized carbons (Fsp3) is 0.455. The Hall–Kier alpha value is -1.38. The van der Waals surface area contributed by atoms with Crippen LogP contribution in [0.15, 0.2) is 12.3 Å². The lowest BCUT2D eigenvalue weighted by molar-refractivity contribution is 0.0697. The number of nitrogens with zero attached hydrogens (tertiary/aromatic N) is 1. The Bertz CT molecular complexity index is 616. The molecule has 0 saturated carbocycles. The Labute approximate surface area is 122 Å². The van der Waals surface area contributed by atoms with E-state index in [0.29, 0.717) is 5.82 Å². The fourth-order valence-electron chi connectivity index (χ4n) is 1.55. The summed E-state index contributed by atoms with van der Waals surface area (Å²) in [5.74, 6) is -0.857. The summed E-state index contributed by atoms with van der Waals surface area (Å²) in [6.45, 7) is 3.61. The minimum Gasteiger partial charge on any atom is -0.478 e. The van der Waals surface area contributed by atoms with Crippen LogP contribution in [-0.2, 0) is 10.0 Å². The molecule has 7 nitrogen and oxygen atoms in total. The predicted molar refractivity (Wildman–Crippen MR) is 76.8 cm³/mol. The highest BCUT2D eigenvalue weighted by atomic mass is 35.5. The normalized spacial score (nSPS) is 12.2. The molecule has 9 heteroatoms. The van der Waals surface area contributed by atoms with Crippen LogP contribution in [0.5, 0.6) is 0 Å². The second kappa shape index (κ2) is 5.94. The molecule has 0 spiro atoms. The van der Waals surface area contributed by atoms with E-state index in [4.69, 9.17) is 16.7 Å². The van der Waals surface area contributed by atoms with Crippen molar-refractivity contribution in [3.8, 4) is 0 Å². The number of sulfonamides is 1. The van der Waals surface area contributed by atoms with E-state index in [-0.39, 0.29) is 17.1 Å². The van der Waals surface area contributed by atoms with Crippen LogP contribution in [0.25, 0.3) is 0 Å². The lowest BCUT2D eigenvalue weighted by Gasteiger charge is -2.25. The van der Waals surface area contributed by atoms with Crippen molar-refractivity contribution in [3.63, 3.8) is 0 Å². The molecule has 0 aromatic carbocycles. The Morgan fingerprint density at radius 3 is 2.60 bits per heavy atom. The number of anilines is 1. The molecule has 0 atom stereocenters. The number of hydrogen-bond acceptors (Lipinski definition) is 5. The van der Waals surface area contributed by atoms with Crippen molar-refractivity contribution in [2.75, 3.05) is 18.1 Å². The van der Waals surface area contributed by atoms with E-state index in [9.17, 15) is 13.2 Å². The van der Waals surface area contributed by atoms with Crippen LogP contribution < -0.4 is 10.0 Å². The van der Waals surface area contributed by atoms with Crippen LogP contribution in [0.4, 0.5) is 5.82 Å². The average Bonchev–Trinajstić information content (AvgIpc) is 2.24. The van der Waals surface area contributed by atoms with Gasteiger partial charge in [0.1, 0.15) is 5.82 Å². The van der Waals surface area contributed by atoms with E-state index < -0.39 is 21.5 Å². The van der Waals surface area contributed by atoms with Gasteiger partial charge < -0.3 is 10.4 Å². The van der Waals surface area contributed by atoms with Gasteiger partial charge in [0.2, 0.25) is 10.0 Å². The van der Waals surface area contributed by atoms with E-state index in [1.165, 1.54) is 12.3 Å². The molecule has 0 aliphatic rings. The topological polar surface area (TPSA) is 108 Å². The van der Waals surface area contributed by atoms with Crippen LogP contribution in [0, 0.1) is 0 Å². The average molecular weight is 322 g/mol. The molecule has 1 aromatic heterocycles. The number of nitrogens with one attached hydrogen (secondary N) is 2. The molecular formula is C11H16ClN3O4S. The first kappa shape index (κ1) is 16.7. The zero-order valence-electron chi connectivity index (χ0n) is 11.3. The molecular weight excluding hydrogens is 306 g/mol. The Morgan fingerprint density at radius 1 is 1.50 bits per heavy atom. The van der Waals surface area contributed by atoms with Gasteiger partial charge in [-0.15, -0.1) is 0 Å². The summed E-state index contributed by atoms with van der Waals surface area (Å²) in [4.78, 5) is 14.9. The van der Waals surface area contributed by atoms with Crippen LogP contribution in [0.2, 0.25) is 5.02 Å². The first-order valence-electron chi connectivity index (χ1n) is 5.62. The van der Waals surface area contributed by atoms with Gasteiger partial charge in [0.15, 0.2) is 0 Å². The fourth-order valence-corrected chi connectivity index (χ4v) is 2.81. The van der Waals surface area contributed by atoms with Crippen molar-refractivity contribution in [1.29, 1.82) is 0 Å². The third kappa shape index (κ3) is 5.32. The zero-order chi connectivity index (χ0) is 15.6. The highest BCUT2D eigenvalue weighted by Crippen LogP contribution is 2.18. The highest BCUT2D eigenvalue weighted by molar-refractivity contribution is 7.88. The maximum atomic E-state index is 11.2. The van der Waals surface area contributed by atoms with Crippen LogP contribution in [-0.4, -0.2) is 42.8 Å². The summed E-state index contributed by atoms with van der Waals surface area (Å²) in [5, 5.41) is 11.8. The molecule has 20 heavy (non-hydrogen) atoms. The molecule has 0 aliphatic carbocycles. The smallest absolute Gasteiger partial charge is 0.337 e. The van der Waals surface area contributed by atoms with E-state index in [0.717, 1.165) is 6.26 Å².